The lowest BCUT2D eigenvalue weighted by Gasteiger charge is -2.33. The number of carbonyl (C=O) groups is 2. The van der Waals surface area contributed by atoms with Crippen LogP contribution in [0.25, 0.3) is 0 Å². The van der Waals surface area contributed by atoms with E-state index in [1.165, 1.54) is 5.56 Å². The first kappa shape index (κ1) is 18.3. The zero-order valence-corrected chi connectivity index (χ0v) is 14.4. The summed E-state index contributed by atoms with van der Waals surface area (Å²) in [6.45, 7) is 6.51. The number of amides is 2. The second-order valence-corrected chi connectivity index (χ2v) is 5.86. The van der Waals surface area contributed by atoms with Crippen molar-refractivity contribution >= 4 is 12.0 Å². The molecular formula is C18H27N3O3. The molecule has 1 aliphatic heterocycles. The fourth-order valence-electron chi connectivity index (χ4n) is 2.71. The van der Waals surface area contributed by atoms with E-state index < -0.39 is 0 Å². The quantitative estimate of drug-likeness (QED) is 0.822. The summed E-state index contributed by atoms with van der Waals surface area (Å²) in [5, 5.41) is 2.96. The molecule has 0 spiro atoms. The summed E-state index contributed by atoms with van der Waals surface area (Å²) in [6.07, 6.45) is 1.11. The monoisotopic (exact) mass is 333 g/mol. The molecule has 132 valence electrons. The van der Waals surface area contributed by atoms with Crippen LogP contribution in [0, 0.1) is 0 Å². The highest BCUT2D eigenvalue weighted by atomic mass is 16.6. The Morgan fingerprint density at radius 3 is 2.50 bits per heavy atom. The summed E-state index contributed by atoms with van der Waals surface area (Å²) in [4.78, 5) is 27.5. The minimum Gasteiger partial charge on any atom is -0.450 e. The third-order valence-corrected chi connectivity index (χ3v) is 4.13. The van der Waals surface area contributed by atoms with E-state index in [4.69, 9.17) is 4.74 Å². The van der Waals surface area contributed by atoms with Gasteiger partial charge in [0.2, 0.25) is 5.91 Å². The van der Waals surface area contributed by atoms with Crippen LogP contribution in [0.5, 0.6) is 0 Å². The van der Waals surface area contributed by atoms with Crippen LogP contribution in [0.2, 0.25) is 0 Å². The van der Waals surface area contributed by atoms with Gasteiger partial charge in [-0.3, -0.25) is 9.69 Å². The molecule has 0 aliphatic carbocycles. The molecule has 0 aromatic heterocycles. The lowest BCUT2D eigenvalue weighted by Crippen LogP contribution is -2.49. The maximum absolute atomic E-state index is 11.9. The standard InChI is InChI=1S/C18H27N3O3/c1-2-24-18(23)21-14-12-20(13-15-21)11-9-17(22)19-10-8-16-6-4-3-5-7-16/h3-7H,2,8-15H2,1H3,(H,19,22). The molecule has 1 saturated heterocycles. The zero-order chi connectivity index (χ0) is 17.2. The van der Waals surface area contributed by atoms with Crippen LogP contribution in [0.1, 0.15) is 18.9 Å². The fraction of sp³-hybridized carbons (Fsp3) is 0.556. The molecule has 0 unspecified atom stereocenters. The van der Waals surface area contributed by atoms with Crippen molar-refractivity contribution < 1.29 is 14.3 Å². The van der Waals surface area contributed by atoms with Gasteiger partial charge in [0, 0.05) is 45.7 Å². The SMILES string of the molecule is CCOC(=O)N1CCN(CCC(=O)NCCc2ccccc2)CC1. The first-order chi connectivity index (χ1) is 11.7. The second-order valence-electron chi connectivity index (χ2n) is 5.86. The van der Waals surface area contributed by atoms with Crippen LogP contribution >= 0.6 is 0 Å². The van der Waals surface area contributed by atoms with E-state index in [-0.39, 0.29) is 12.0 Å². The molecule has 1 aromatic carbocycles. The lowest BCUT2D eigenvalue weighted by molar-refractivity contribution is -0.121. The molecule has 6 nitrogen and oxygen atoms in total. The summed E-state index contributed by atoms with van der Waals surface area (Å²) in [5.74, 6) is 0.0822. The summed E-state index contributed by atoms with van der Waals surface area (Å²) in [6, 6.07) is 10.1. The highest BCUT2D eigenvalue weighted by Crippen LogP contribution is 2.04. The Morgan fingerprint density at radius 1 is 1.12 bits per heavy atom. The van der Waals surface area contributed by atoms with Crippen LogP contribution in [0.4, 0.5) is 4.79 Å². The van der Waals surface area contributed by atoms with Crippen molar-refractivity contribution in [3.05, 3.63) is 35.9 Å². The van der Waals surface area contributed by atoms with Crippen molar-refractivity contribution in [1.29, 1.82) is 0 Å². The second kappa shape index (κ2) is 9.93. The molecule has 2 rings (SSSR count). The Bertz CT molecular complexity index is 514. The van der Waals surface area contributed by atoms with Crippen molar-refractivity contribution in [2.45, 2.75) is 19.8 Å². The number of piperazine rings is 1. The van der Waals surface area contributed by atoms with Gasteiger partial charge in [-0.05, 0) is 18.9 Å². The molecule has 1 heterocycles. The molecular weight excluding hydrogens is 306 g/mol. The molecule has 1 aromatic rings. The Morgan fingerprint density at radius 2 is 1.83 bits per heavy atom. The van der Waals surface area contributed by atoms with Gasteiger partial charge in [-0.15, -0.1) is 0 Å². The predicted molar refractivity (Wildman–Crippen MR) is 92.8 cm³/mol. The highest BCUT2D eigenvalue weighted by molar-refractivity contribution is 5.76. The van der Waals surface area contributed by atoms with Gasteiger partial charge < -0.3 is 15.0 Å². The average Bonchev–Trinajstić information content (AvgIpc) is 2.61. The van der Waals surface area contributed by atoms with Crippen LogP contribution in [0.15, 0.2) is 30.3 Å². The van der Waals surface area contributed by atoms with Crippen LogP contribution < -0.4 is 5.32 Å². The molecule has 1 aliphatic rings. The number of carbonyl (C=O) groups excluding carboxylic acids is 2. The Kier molecular flexibility index (Phi) is 7.55. The topological polar surface area (TPSA) is 61.9 Å². The van der Waals surface area contributed by atoms with Gasteiger partial charge in [0.15, 0.2) is 0 Å². The van der Waals surface area contributed by atoms with Crippen molar-refractivity contribution in [2.24, 2.45) is 0 Å². The third-order valence-electron chi connectivity index (χ3n) is 4.13. The van der Waals surface area contributed by atoms with Crippen LogP contribution in [0.3, 0.4) is 0 Å². The third kappa shape index (κ3) is 6.20. The highest BCUT2D eigenvalue weighted by Gasteiger charge is 2.21. The summed E-state index contributed by atoms with van der Waals surface area (Å²) in [7, 11) is 0. The van der Waals surface area contributed by atoms with Crippen LogP contribution in [-0.4, -0.2) is 67.7 Å². The van der Waals surface area contributed by atoms with Gasteiger partial charge in [-0.1, -0.05) is 30.3 Å². The molecule has 6 heteroatoms. The molecule has 1 N–H and O–H groups in total. The van der Waals surface area contributed by atoms with Gasteiger partial charge in [0.25, 0.3) is 0 Å². The number of rotatable bonds is 7. The number of ether oxygens (including phenoxy) is 1. The summed E-state index contributed by atoms with van der Waals surface area (Å²) >= 11 is 0. The Labute approximate surface area is 143 Å². The summed E-state index contributed by atoms with van der Waals surface area (Å²) in [5.41, 5.74) is 1.23. The molecule has 0 saturated carbocycles. The number of nitrogens with zero attached hydrogens (tertiary/aromatic N) is 2. The fourth-order valence-corrected chi connectivity index (χ4v) is 2.71. The van der Waals surface area contributed by atoms with Crippen molar-refractivity contribution in [3.63, 3.8) is 0 Å². The van der Waals surface area contributed by atoms with Crippen LogP contribution in [-0.2, 0) is 16.0 Å². The predicted octanol–water partition coefficient (Wildman–Crippen LogP) is 1.51. The molecule has 0 atom stereocenters. The van der Waals surface area contributed by atoms with Crippen molar-refractivity contribution in [1.82, 2.24) is 15.1 Å². The Balaban J connectivity index is 1.57. The van der Waals surface area contributed by atoms with Crippen molar-refractivity contribution in [2.75, 3.05) is 45.9 Å². The van der Waals surface area contributed by atoms with E-state index in [2.05, 4.69) is 22.3 Å². The van der Waals surface area contributed by atoms with E-state index in [1.54, 1.807) is 4.90 Å². The number of benzene rings is 1. The largest absolute Gasteiger partial charge is 0.450 e. The summed E-state index contributed by atoms with van der Waals surface area (Å²) < 4.78 is 5.00. The first-order valence-corrected chi connectivity index (χ1v) is 8.63. The maximum atomic E-state index is 11.9. The maximum Gasteiger partial charge on any atom is 0.409 e. The zero-order valence-electron chi connectivity index (χ0n) is 14.4. The minimum atomic E-state index is -0.240. The van der Waals surface area contributed by atoms with E-state index in [0.29, 0.717) is 32.7 Å². The number of hydrogen-bond acceptors (Lipinski definition) is 4. The van der Waals surface area contributed by atoms with Gasteiger partial charge in [0.05, 0.1) is 6.61 Å². The average molecular weight is 333 g/mol. The lowest BCUT2D eigenvalue weighted by atomic mass is 10.1. The first-order valence-electron chi connectivity index (χ1n) is 8.63. The van der Waals surface area contributed by atoms with E-state index in [1.807, 2.05) is 25.1 Å². The normalized spacial score (nSPS) is 15.1. The molecule has 2 amide bonds. The van der Waals surface area contributed by atoms with Gasteiger partial charge in [-0.2, -0.15) is 0 Å². The molecule has 1 fully saturated rings. The molecule has 24 heavy (non-hydrogen) atoms. The van der Waals surface area contributed by atoms with Gasteiger partial charge in [0.1, 0.15) is 0 Å². The van der Waals surface area contributed by atoms with Crippen molar-refractivity contribution in [3.8, 4) is 0 Å². The van der Waals surface area contributed by atoms with Gasteiger partial charge in [-0.25, -0.2) is 4.79 Å². The smallest absolute Gasteiger partial charge is 0.409 e. The number of nitrogens with one attached hydrogen (secondary N) is 1. The molecule has 0 bridgehead atoms. The van der Waals surface area contributed by atoms with E-state index in [9.17, 15) is 9.59 Å². The molecule has 0 radical (unpaired) electrons. The minimum absolute atomic E-state index is 0.0822. The van der Waals surface area contributed by atoms with Gasteiger partial charge >= 0.3 is 6.09 Å². The Hall–Kier alpha value is -2.08. The van der Waals surface area contributed by atoms with E-state index >= 15 is 0 Å². The number of hydrogen-bond donors (Lipinski definition) is 1. The van der Waals surface area contributed by atoms with E-state index in [0.717, 1.165) is 26.1 Å².